The Morgan fingerprint density at radius 3 is 2.68 bits per heavy atom. The number of furan rings is 1. The van der Waals surface area contributed by atoms with Gasteiger partial charge in [0.1, 0.15) is 5.76 Å². The van der Waals surface area contributed by atoms with E-state index in [0.717, 1.165) is 12.8 Å². The molecule has 108 valence electrons. The highest BCUT2D eigenvalue weighted by Gasteiger charge is 2.30. The van der Waals surface area contributed by atoms with E-state index >= 15 is 0 Å². The molecular weight excluding hydrogens is 266 g/mol. The largest absolute Gasteiger partial charge is 0.468 e. The number of nitrogens with zero attached hydrogens (tertiary/aromatic N) is 2. The maximum absolute atomic E-state index is 12.4. The van der Waals surface area contributed by atoms with E-state index < -0.39 is 10.2 Å². The summed E-state index contributed by atoms with van der Waals surface area (Å²) >= 11 is 0. The lowest BCUT2D eigenvalue weighted by atomic mass is 9.99. The van der Waals surface area contributed by atoms with Crippen LogP contribution in [0.15, 0.2) is 22.8 Å². The molecule has 0 atom stereocenters. The molecule has 6 nitrogen and oxygen atoms in total. The van der Waals surface area contributed by atoms with Crippen LogP contribution in [0.2, 0.25) is 0 Å². The second-order valence-corrected chi connectivity index (χ2v) is 6.96. The standard InChI is InChI=1S/C12H21N3O3S/c1-14(10-12-3-2-8-18-12)19(16,17)15-6-4-11(9-13)5-7-15/h2-3,8,11H,4-7,9-10,13H2,1H3. The molecule has 0 amide bonds. The summed E-state index contributed by atoms with van der Waals surface area (Å²) in [4.78, 5) is 0. The number of hydrogen-bond acceptors (Lipinski definition) is 4. The van der Waals surface area contributed by atoms with Crippen molar-refractivity contribution in [3.8, 4) is 0 Å². The van der Waals surface area contributed by atoms with Gasteiger partial charge in [-0.1, -0.05) is 0 Å². The zero-order valence-corrected chi connectivity index (χ0v) is 12.0. The van der Waals surface area contributed by atoms with Gasteiger partial charge in [0.2, 0.25) is 0 Å². The monoisotopic (exact) mass is 287 g/mol. The van der Waals surface area contributed by atoms with Crippen molar-refractivity contribution in [1.29, 1.82) is 0 Å². The highest BCUT2D eigenvalue weighted by molar-refractivity contribution is 7.86. The molecule has 2 N–H and O–H groups in total. The molecule has 0 aliphatic carbocycles. The second-order valence-electron chi connectivity index (χ2n) is 4.92. The summed E-state index contributed by atoms with van der Waals surface area (Å²) in [5.41, 5.74) is 5.62. The minimum absolute atomic E-state index is 0.256. The lowest BCUT2D eigenvalue weighted by molar-refractivity contribution is 0.259. The number of hydrogen-bond donors (Lipinski definition) is 1. The molecule has 2 rings (SSSR count). The van der Waals surface area contributed by atoms with Gasteiger partial charge in [-0.25, -0.2) is 0 Å². The quantitative estimate of drug-likeness (QED) is 0.861. The molecule has 0 unspecified atom stereocenters. The molecule has 1 fully saturated rings. The smallest absolute Gasteiger partial charge is 0.282 e. The van der Waals surface area contributed by atoms with Crippen LogP contribution < -0.4 is 5.73 Å². The molecule has 7 heteroatoms. The normalized spacial score (nSPS) is 19.1. The molecule has 1 aromatic heterocycles. The van der Waals surface area contributed by atoms with Gasteiger partial charge in [-0.05, 0) is 37.4 Å². The van der Waals surface area contributed by atoms with Gasteiger partial charge in [0.15, 0.2) is 0 Å². The Kier molecular flexibility index (Phi) is 4.62. The first-order chi connectivity index (χ1) is 9.04. The molecule has 2 heterocycles. The third-order valence-electron chi connectivity index (χ3n) is 3.59. The van der Waals surface area contributed by atoms with Gasteiger partial charge in [0, 0.05) is 20.1 Å². The van der Waals surface area contributed by atoms with E-state index in [9.17, 15) is 8.42 Å². The Labute approximate surface area is 114 Å². The third-order valence-corrected chi connectivity index (χ3v) is 5.52. The van der Waals surface area contributed by atoms with Gasteiger partial charge in [-0.3, -0.25) is 0 Å². The van der Waals surface area contributed by atoms with E-state index in [-0.39, 0.29) is 6.54 Å². The molecule has 1 aromatic rings. The van der Waals surface area contributed by atoms with Gasteiger partial charge in [0.05, 0.1) is 12.8 Å². The lowest BCUT2D eigenvalue weighted by Gasteiger charge is -2.33. The van der Waals surface area contributed by atoms with Crippen molar-refractivity contribution in [3.63, 3.8) is 0 Å². The highest BCUT2D eigenvalue weighted by atomic mass is 32.2. The third kappa shape index (κ3) is 3.36. The molecule has 1 aliphatic heterocycles. The first-order valence-electron chi connectivity index (χ1n) is 6.48. The summed E-state index contributed by atoms with van der Waals surface area (Å²) in [6.07, 6.45) is 3.22. The molecule has 0 spiro atoms. The van der Waals surface area contributed by atoms with E-state index in [2.05, 4.69) is 0 Å². The highest BCUT2D eigenvalue weighted by Crippen LogP contribution is 2.20. The Balaban J connectivity index is 1.98. The van der Waals surface area contributed by atoms with Crippen LogP contribution in [0.25, 0.3) is 0 Å². The summed E-state index contributed by atoms with van der Waals surface area (Å²) in [6.45, 7) is 1.99. The molecule has 0 radical (unpaired) electrons. The van der Waals surface area contributed by atoms with Crippen molar-refractivity contribution in [2.24, 2.45) is 11.7 Å². The lowest BCUT2D eigenvalue weighted by Crippen LogP contribution is -2.46. The van der Waals surface area contributed by atoms with Crippen LogP contribution in [-0.4, -0.2) is 43.7 Å². The van der Waals surface area contributed by atoms with Crippen LogP contribution >= 0.6 is 0 Å². The first kappa shape index (κ1) is 14.5. The topological polar surface area (TPSA) is 79.8 Å². The maximum Gasteiger partial charge on any atom is 0.282 e. The van der Waals surface area contributed by atoms with E-state index in [1.54, 1.807) is 25.4 Å². The van der Waals surface area contributed by atoms with Crippen LogP contribution in [0.4, 0.5) is 0 Å². The average Bonchev–Trinajstić information content (AvgIpc) is 2.91. The van der Waals surface area contributed by atoms with Crippen molar-refractivity contribution < 1.29 is 12.8 Å². The molecule has 19 heavy (non-hydrogen) atoms. The Morgan fingerprint density at radius 1 is 1.47 bits per heavy atom. The van der Waals surface area contributed by atoms with Crippen molar-refractivity contribution in [3.05, 3.63) is 24.2 Å². The Hall–Kier alpha value is -0.890. The van der Waals surface area contributed by atoms with Gasteiger partial charge in [0.25, 0.3) is 10.2 Å². The van der Waals surface area contributed by atoms with E-state index in [4.69, 9.17) is 10.2 Å². The van der Waals surface area contributed by atoms with Gasteiger partial charge < -0.3 is 10.2 Å². The summed E-state index contributed by atoms with van der Waals surface area (Å²) in [5, 5.41) is 0. The fraction of sp³-hybridized carbons (Fsp3) is 0.667. The van der Waals surface area contributed by atoms with E-state index in [0.29, 0.717) is 31.3 Å². The zero-order valence-electron chi connectivity index (χ0n) is 11.2. The van der Waals surface area contributed by atoms with Crippen LogP contribution in [0.5, 0.6) is 0 Å². The predicted octanol–water partition coefficient (Wildman–Crippen LogP) is 0.627. The van der Waals surface area contributed by atoms with Crippen LogP contribution in [-0.2, 0) is 16.8 Å². The number of nitrogens with two attached hydrogens (primary N) is 1. The van der Waals surface area contributed by atoms with Crippen molar-refractivity contribution in [2.45, 2.75) is 19.4 Å². The van der Waals surface area contributed by atoms with Gasteiger partial charge >= 0.3 is 0 Å². The maximum atomic E-state index is 12.4. The molecule has 0 saturated carbocycles. The number of piperidine rings is 1. The summed E-state index contributed by atoms with van der Waals surface area (Å²) in [5.74, 6) is 1.09. The van der Waals surface area contributed by atoms with Gasteiger partial charge in [-0.15, -0.1) is 0 Å². The molecule has 1 aliphatic rings. The van der Waals surface area contributed by atoms with Crippen LogP contribution in [0.3, 0.4) is 0 Å². The molecule has 1 saturated heterocycles. The van der Waals surface area contributed by atoms with Crippen molar-refractivity contribution in [1.82, 2.24) is 8.61 Å². The fourth-order valence-electron chi connectivity index (χ4n) is 2.28. The minimum Gasteiger partial charge on any atom is -0.468 e. The Morgan fingerprint density at radius 2 is 2.16 bits per heavy atom. The minimum atomic E-state index is -3.40. The summed E-state index contributed by atoms with van der Waals surface area (Å²) < 4.78 is 32.8. The Bertz CT molecular complexity index is 478. The fourth-order valence-corrected chi connectivity index (χ4v) is 3.63. The van der Waals surface area contributed by atoms with Crippen LogP contribution in [0, 0.1) is 5.92 Å². The predicted molar refractivity (Wildman–Crippen MR) is 72.4 cm³/mol. The van der Waals surface area contributed by atoms with Crippen molar-refractivity contribution >= 4 is 10.2 Å². The van der Waals surface area contributed by atoms with E-state index in [1.807, 2.05) is 0 Å². The summed E-state index contributed by atoms with van der Waals surface area (Å²) in [6, 6.07) is 3.52. The van der Waals surface area contributed by atoms with E-state index in [1.165, 1.54) is 8.61 Å². The second kappa shape index (κ2) is 6.04. The average molecular weight is 287 g/mol. The SMILES string of the molecule is CN(Cc1ccco1)S(=O)(=O)N1CCC(CN)CC1. The van der Waals surface area contributed by atoms with Gasteiger partial charge in [-0.2, -0.15) is 17.0 Å². The van der Waals surface area contributed by atoms with Crippen LogP contribution in [0.1, 0.15) is 18.6 Å². The zero-order chi connectivity index (χ0) is 13.9. The molecule has 0 aromatic carbocycles. The van der Waals surface area contributed by atoms with Crippen molar-refractivity contribution in [2.75, 3.05) is 26.7 Å². The molecular formula is C12H21N3O3S. The summed E-state index contributed by atoms with van der Waals surface area (Å²) in [7, 11) is -1.83. The number of rotatable bonds is 5. The molecule has 0 bridgehead atoms. The first-order valence-corrected chi connectivity index (χ1v) is 7.87.